The zero-order chi connectivity index (χ0) is 21.1. The Morgan fingerprint density at radius 2 is 1.57 bits per heavy atom. The number of para-hydroxylation sites is 2. The number of furan rings is 1. The molecule has 6 nitrogen and oxygen atoms in total. The molecule has 0 saturated heterocycles. The molecule has 4 aromatic rings. The first-order valence-corrected chi connectivity index (χ1v) is 9.47. The number of halogens is 1. The summed E-state index contributed by atoms with van der Waals surface area (Å²) in [5.41, 5.74) is 1.66. The molecule has 2 amide bonds. The number of benzene rings is 3. The van der Waals surface area contributed by atoms with Crippen molar-refractivity contribution >= 4 is 45.8 Å². The van der Waals surface area contributed by atoms with Crippen LogP contribution in [-0.4, -0.2) is 18.9 Å². The third-order valence-electron chi connectivity index (χ3n) is 4.49. The maximum Gasteiger partial charge on any atom is 0.293 e. The fourth-order valence-corrected chi connectivity index (χ4v) is 3.19. The maximum absolute atomic E-state index is 12.9. The first kappa shape index (κ1) is 19.5. The van der Waals surface area contributed by atoms with Crippen LogP contribution < -0.4 is 15.4 Å². The highest BCUT2D eigenvalue weighted by molar-refractivity contribution is 6.30. The summed E-state index contributed by atoms with van der Waals surface area (Å²) < 4.78 is 11.0. The van der Waals surface area contributed by atoms with Crippen molar-refractivity contribution in [3.05, 3.63) is 89.1 Å². The topological polar surface area (TPSA) is 80.6 Å². The fourth-order valence-electron chi connectivity index (χ4n) is 3.06. The molecule has 0 bridgehead atoms. The lowest BCUT2D eigenvalue weighted by molar-refractivity contribution is 0.0999. The van der Waals surface area contributed by atoms with Crippen LogP contribution in [0.1, 0.15) is 20.9 Å². The van der Waals surface area contributed by atoms with E-state index in [4.69, 9.17) is 20.8 Å². The van der Waals surface area contributed by atoms with Gasteiger partial charge in [0.2, 0.25) is 5.76 Å². The molecule has 7 heteroatoms. The van der Waals surface area contributed by atoms with Crippen LogP contribution in [0.5, 0.6) is 5.75 Å². The molecule has 2 N–H and O–H groups in total. The van der Waals surface area contributed by atoms with Crippen LogP contribution in [0.2, 0.25) is 5.02 Å². The largest absolute Gasteiger partial charge is 0.496 e. The predicted molar refractivity (Wildman–Crippen MR) is 117 cm³/mol. The van der Waals surface area contributed by atoms with E-state index in [-0.39, 0.29) is 11.4 Å². The zero-order valence-electron chi connectivity index (χ0n) is 15.9. The lowest BCUT2D eigenvalue weighted by Crippen LogP contribution is -2.17. The minimum atomic E-state index is -0.496. The lowest BCUT2D eigenvalue weighted by Gasteiger charge is -2.10. The Kier molecular flexibility index (Phi) is 5.41. The number of methoxy groups -OCH3 is 1. The van der Waals surface area contributed by atoms with E-state index in [1.54, 1.807) is 72.8 Å². The summed E-state index contributed by atoms with van der Waals surface area (Å²) in [5.74, 6) is -0.493. The quantitative estimate of drug-likeness (QED) is 0.440. The molecule has 0 radical (unpaired) electrons. The van der Waals surface area contributed by atoms with E-state index in [1.165, 1.54) is 7.11 Å². The van der Waals surface area contributed by atoms with Crippen molar-refractivity contribution in [1.82, 2.24) is 0 Å². The van der Waals surface area contributed by atoms with Crippen LogP contribution in [0.25, 0.3) is 11.0 Å². The highest BCUT2D eigenvalue weighted by atomic mass is 35.5. The predicted octanol–water partition coefficient (Wildman–Crippen LogP) is 5.60. The molecule has 0 unspecified atom stereocenters. The van der Waals surface area contributed by atoms with E-state index in [1.807, 2.05) is 0 Å². The van der Waals surface area contributed by atoms with Crippen LogP contribution in [0.4, 0.5) is 11.4 Å². The summed E-state index contributed by atoms with van der Waals surface area (Å²) in [7, 11) is 1.49. The van der Waals surface area contributed by atoms with Crippen molar-refractivity contribution < 1.29 is 18.7 Å². The highest BCUT2D eigenvalue weighted by Crippen LogP contribution is 2.32. The summed E-state index contributed by atoms with van der Waals surface area (Å²) >= 11 is 5.90. The molecule has 4 rings (SSSR count). The molecule has 3 aromatic carbocycles. The normalized spacial score (nSPS) is 10.6. The van der Waals surface area contributed by atoms with Crippen LogP contribution in [0.15, 0.2) is 77.2 Å². The number of carbonyl (C=O) groups excluding carboxylic acids is 2. The van der Waals surface area contributed by atoms with Crippen molar-refractivity contribution in [3.63, 3.8) is 0 Å². The maximum atomic E-state index is 12.9. The van der Waals surface area contributed by atoms with E-state index in [2.05, 4.69) is 10.6 Å². The Morgan fingerprint density at radius 1 is 0.867 bits per heavy atom. The monoisotopic (exact) mass is 420 g/mol. The van der Waals surface area contributed by atoms with Crippen molar-refractivity contribution in [1.29, 1.82) is 0 Å². The Balaban J connectivity index is 1.70. The molecule has 0 saturated carbocycles. The Labute approximate surface area is 177 Å². The van der Waals surface area contributed by atoms with Gasteiger partial charge in [0.1, 0.15) is 17.0 Å². The van der Waals surface area contributed by atoms with Crippen molar-refractivity contribution in [2.75, 3.05) is 17.7 Å². The van der Waals surface area contributed by atoms with Crippen molar-refractivity contribution in [2.24, 2.45) is 0 Å². The molecule has 150 valence electrons. The summed E-state index contributed by atoms with van der Waals surface area (Å²) in [6.45, 7) is 0. The summed E-state index contributed by atoms with van der Waals surface area (Å²) in [6.07, 6.45) is 0. The van der Waals surface area contributed by atoms with E-state index in [9.17, 15) is 9.59 Å². The second-order valence-electron chi connectivity index (χ2n) is 6.42. The SMILES string of the molecule is COc1ccccc1C(=O)Nc1c(C(=O)Nc2ccc(Cl)cc2)oc2ccccc12. The van der Waals surface area contributed by atoms with Gasteiger partial charge in [0.05, 0.1) is 12.7 Å². The molecule has 0 aliphatic carbocycles. The smallest absolute Gasteiger partial charge is 0.293 e. The second kappa shape index (κ2) is 8.31. The Bertz CT molecular complexity index is 1230. The average Bonchev–Trinajstić information content (AvgIpc) is 3.14. The third kappa shape index (κ3) is 3.86. The zero-order valence-corrected chi connectivity index (χ0v) is 16.7. The van der Waals surface area contributed by atoms with Gasteiger partial charge in [-0.25, -0.2) is 0 Å². The molecule has 0 atom stereocenters. The lowest BCUT2D eigenvalue weighted by atomic mass is 10.1. The van der Waals surface area contributed by atoms with E-state index < -0.39 is 11.8 Å². The van der Waals surface area contributed by atoms with Crippen LogP contribution in [0.3, 0.4) is 0 Å². The average molecular weight is 421 g/mol. The van der Waals surface area contributed by atoms with Gasteiger partial charge in [-0.05, 0) is 48.5 Å². The molecular formula is C23H17ClN2O4. The van der Waals surface area contributed by atoms with Gasteiger partial charge in [-0.1, -0.05) is 35.9 Å². The number of ether oxygens (including phenoxy) is 1. The Hall–Kier alpha value is -3.77. The van der Waals surface area contributed by atoms with Crippen molar-refractivity contribution in [3.8, 4) is 5.75 Å². The number of amides is 2. The number of nitrogens with one attached hydrogen (secondary N) is 2. The molecule has 0 aliphatic heterocycles. The summed E-state index contributed by atoms with van der Waals surface area (Å²) in [6, 6.07) is 20.6. The van der Waals surface area contributed by atoms with E-state index in [0.29, 0.717) is 33.0 Å². The summed E-state index contributed by atoms with van der Waals surface area (Å²) in [5, 5.41) is 6.73. The molecule has 1 aromatic heterocycles. The highest BCUT2D eigenvalue weighted by Gasteiger charge is 2.23. The molecule has 0 fully saturated rings. The Morgan fingerprint density at radius 3 is 2.33 bits per heavy atom. The van der Waals surface area contributed by atoms with Gasteiger partial charge in [0, 0.05) is 16.1 Å². The minimum absolute atomic E-state index is 0.00519. The molecule has 0 spiro atoms. The van der Waals surface area contributed by atoms with Crippen LogP contribution in [0, 0.1) is 0 Å². The molecular weight excluding hydrogens is 404 g/mol. The number of hydrogen-bond acceptors (Lipinski definition) is 4. The molecule has 1 heterocycles. The number of rotatable bonds is 5. The number of fused-ring (bicyclic) bond motifs is 1. The number of anilines is 2. The van der Waals surface area contributed by atoms with Gasteiger partial charge in [-0.2, -0.15) is 0 Å². The van der Waals surface area contributed by atoms with Gasteiger partial charge in [-0.3, -0.25) is 9.59 Å². The number of hydrogen-bond donors (Lipinski definition) is 2. The van der Waals surface area contributed by atoms with E-state index in [0.717, 1.165) is 0 Å². The second-order valence-corrected chi connectivity index (χ2v) is 6.85. The molecule has 30 heavy (non-hydrogen) atoms. The van der Waals surface area contributed by atoms with Gasteiger partial charge in [-0.15, -0.1) is 0 Å². The number of carbonyl (C=O) groups is 2. The van der Waals surface area contributed by atoms with Gasteiger partial charge in [0.15, 0.2) is 0 Å². The van der Waals surface area contributed by atoms with Gasteiger partial charge >= 0.3 is 0 Å². The summed E-state index contributed by atoms with van der Waals surface area (Å²) in [4.78, 5) is 25.8. The fraction of sp³-hybridized carbons (Fsp3) is 0.0435. The van der Waals surface area contributed by atoms with Gasteiger partial charge in [0.25, 0.3) is 11.8 Å². The third-order valence-corrected chi connectivity index (χ3v) is 4.75. The standard InChI is InChI=1S/C23H17ClN2O4/c1-29-18-8-4-3-7-17(18)22(27)26-20-16-6-2-5-9-19(16)30-21(20)23(28)25-15-12-10-14(24)11-13-15/h2-13H,1H3,(H,25,28)(H,26,27). The van der Waals surface area contributed by atoms with Crippen molar-refractivity contribution in [2.45, 2.75) is 0 Å². The molecule has 0 aliphatic rings. The first-order chi connectivity index (χ1) is 14.6. The minimum Gasteiger partial charge on any atom is -0.496 e. The van der Waals surface area contributed by atoms with E-state index >= 15 is 0 Å². The first-order valence-electron chi connectivity index (χ1n) is 9.09. The van der Waals surface area contributed by atoms with Crippen LogP contribution in [-0.2, 0) is 0 Å². The van der Waals surface area contributed by atoms with Crippen LogP contribution >= 0.6 is 11.6 Å². The van der Waals surface area contributed by atoms with Gasteiger partial charge < -0.3 is 19.8 Å².